The summed E-state index contributed by atoms with van der Waals surface area (Å²) in [6, 6.07) is 8.53. The normalized spacial score (nSPS) is 11.9. The highest BCUT2D eigenvalue weighted by Gasteiger charge is 2.18. The van der Waals surface area contributed by atoms with E-state index in [2.05, 4.69) is 10.1 Å². The Labute approximate surface area is 192 Å². The van der Waals surface area contributed by atoms with Crippen molar-refractivity contribution in [3.8, 4) is 22.9 Å². The summed E-state index contributed by atoms with van der Waals surface area (Å²) in [5.74, 6) is -0.809. The minimum absolute atomic E-state index is 0.0224. The zero-order valence-electron chi connectivity index (χ0n) is 17.9. The van der Waals surface area contributed by atoms with Crippen LogP contribution in [0.4, 0.5) is 8.78 Å². The molecule has 7 nitrogen and oxygen atoms in total. The van der Waals surface area contributed by atoms with Crippen molar-refractivity contribution in [3.05, 3.63) is 93.4 Å². The summed E-state index contributed by atoms with van der Waals surface area (Å²) in [7, 11) is 1.52. The molecule has 2 aromatic carbocycles. The number of rotatable bonds is 6. The molecule has 0 fully saturated rings. The van der Waals surface area contributed by atoms with Crippen LogP contribution in [0.5, 0.6) is 17.2 Å². The number of halogens is 3. The minimum Gasteiger partial charge on any atom is -0.494 e. The maximum atomic E-state index is 13.7. The Balaban J connectivity index is 1.69. The Morgan fingerprint density at radius 2 is 1.79 bits per heavy atom. The number of benzene rings is 2. The molecule has 33 heavy (non-hydrogen) atoms. The van der Waals surface area contributed by atoms with Crippen LogP contribution >= 0.6 is 11.6 Å². The Bertz CT molecular complexity index is 1370. The van der Waals surface area contributed by atoms with Crippen LogP contribution in [-0.4, -0.2) is 26.4 Å². The number of nitrogens with zero attached hydrogens (tertiary/aromatic N) is 4. The fourth-order valence-corrected chi connectivity index (χ4v) is 3.55. The second-order valence-corrected chi connectivity index (χ2v) is 7.71. The lowest BCUT2D eigenvalue weighted by Gasteiger charge is -2.17. The molecule has 0 unspecified atom stereocenters. The van der Waals surface area contributed by atoms with Crippen LogP contribution in [-0.2, 0) is 0 Å². The molecule has 4 aromatic rings. The molecule has 0 aliphatic rings. The Morgan fingerprint density at radius 3 is 2.42 bits per heavy atom. The van der Waals surface area contributed by atoms with Gasteiger partial charge in [-0.05, 0) is 43.7 Å². The number of hydrogen-bond donors (Lipinski definition) is 0. The van der Waals surface area contributed by atoms with Gasteiger partial charge in [-0.15, -0.1) is 0 Å². The monoisotopic (exact) mass is 472 g/mol. The highest BCUT2D eigenvalue weighted by molar-refractivity contribution is 6.29. The SMILES string of the molecule is COc1cc(Oc2cc(Cl)nn([C@@H](C)c3cc(F)cc(F)c3)c2=O)ccc1-n1cnc(C)c1. The summed E-state index contributed by atoms with van der Waals surface area (Å²) >= 11 is 6.11. The second kappa shape index (κ2) is 9.03. The lowest BCUT2D eigenvalue weighted by atomic mass is 10.1. The molecular weight excluding hydrogens is 454 g/mol. The van der Waals surface area contributed by atoms with Gasteiger partial charge >= 0.3 is 5.56 Å². The van der Waals surface area contributed by atoms with E-state index in [9.17, 15) is 13.6 Å². The van der Waals surface area contributed by atoms with E-state index in [0.717, 1.165) is 34.3 Å². The number of hydrogen-bond acceptors (Lipinski definition) is 5. The second-order valence-electron chi connectivity index (χ2n) is 7.32. The first-order chi connectivity index (χ1) is 15.7. The lowest BCUT2D eigenvalue weighted by molar-refractivity contribution is 0.404. The van der Waals surface area contributed by atoms with Crippen molar-refractivity contribution < 1.29 is 18.3 Å². The van der Waals surface area contributed by atoms with Crippen molar-refractivity contribution in [3.63, 3.8) is 0 Å². The fraction of sp³-hybridized carbons (Fsp3) is 0.174. The molecule has 4 rings (SSSR count). The standard InChI is InChI=1S/C23H19ClF2N4O3/c1-13-11-29(12-27-13)19-5-4-18(9-20(19)32-3)33-21-10-22(24)28-30(23(21)31)14(2)15-6-16(25)8-17(26)7-15/h4-12,14H,1-3H3/t14-/m0/s1. The third-order valence-electron chi connectivity index (χ3n) is 4.98. The third kappa shape index (κ3) is 4.73. The van der Waals surface area contributed by atoms with Gasteiger partial charge in [-0.3, -0.25) is 4.79 Å². The average Bonchev–Trinajstić information content (AvgIpc) is 3.20. The van der Waals surface area contributed by atoms with Gasteiger partial charge in [0.05, 0.1) is 30.9 Å². The van der Waals surface area contributed by atoms with Crippen LogP contribution in [0.25, 0.3) is 5.69 Å². The van der Waals surface area contributed by atoms with E-state index in [1.807, 2.05) is 13.1 Å². The minimum atomic E-state index is -0.801. The van der Waals surface area contributed by atoms with Crippen LogP contribution in [0.15, 0.2) is 59.8 Å². The Morgan fingerprint density at radius 1 is 1.06 bits per heavy atom. The van der Waals surface area contributed by atoms with Crippen molar-refractivity contribution >= 4 is 11.6 Å². The molecule has 10 heteroatoms. The molecule has 0 saturated heterocycles. The molecule has 0 spiro atoms. The molecule has 170 valence electrons. The summed E-state index contributed by atoms with van der Waals surface area (Å²) in [5.41, 5.74) is 1.18. The molecule has 1 atom stereocenters. The first kappa shape index (κ1) is 22.5. The van der Waals surface area contributed by atoms with E-state index >= 15 is 0 Å². The highest BCUT2D eigenvalue weighted by atomic mass is 35.5. The fourth-order valence-electron chi connectivity index (χ4n) is 3.37. The van der Waals surface area contributed by atoms with Crippen molar-refractivity contribution in [2.45, 2.75) is 19.9 Å². The first-order valence-corrected chi connectivity index (χ1v) is 10.2. The predicted molar refractivity (Wildman–Crippen MR) is 119 cm³/mol. The molecule has 0 N–H and O–H groups in total. The van der Waals surface area contributed by atoms with E-state index in [4.69, 9.17) is 21.1 Å². The average molecular weight is 473 g/mol. The van der Waals surface area contributed by atoms with Gasteiger partial charge in [-0.25, -0.2) is 18.4 Å². The molecule has 2 heterocycles. The molecule has 0 amide bonds. The summed E-state index contributed by atoms with van der Waals surface area (Å²) in [5, 5.41) is 3.99. The quantitative estimate of drug-likeness (QED) is 0.391. The maximum absolute atomic E-state index is 13.7. The zero-order valence-corrected chi connectivity index (χ0v) is 18.7. The van der Waals surface area contributed by atoms with Gasteiger partial charge in [0.15, 0.2) is 10.9 Å². The summed E-state index contributed by atoms with van der Waals surface area (Å²) in [6.07, 6.45) is 3.50. The molecule has 0 radical (unpaired) electrons. The number of ether oxygens (including phenoxy) is 2. The first-order valence-electron chi connectivity index (χ1n) is 9.87. The lowest BCUT2D eigenvalue weighted by Crippen LogP contribution is -2.27. The summed E-state index contributed by atoms with van der Waals surface area (Å²) < 4.78 is 41.4. The number of methoxy groups -OCH3 is 1. The van der Waals surface area contributed by atoms with Crippen molar-refractivity contribution in [1.29, 1.82) is 0 Å². The van der Waals surface area contributed by atoms with Crippen LogP contribution in [0.2, 0.25) is 5.15 Å². The molecular formula is C23H19ClF2N4O3. The van der Waals surface area contributed by atoms with Gasteiger partial charge in [0.2, 0.25) is 0 Å². The smallest absolute Gasteiger partial charge is 0.310 e. The number of imidazole rings is 1. The van der Waals surface area contributed by atoms with Crippen LogP contribution < -0.4 is 15.0 Å². The van der Waals surface area contributed by atoms with Crippen LogP contribution in [0, 0.1) is 18.6 Å². The van der Waals surface area contributed by atoms with Crippen LogP contribution in [0.3, 0.4) is 0 Å². The van der Waals surface area contributed by atoms with Crippen molar-refractivity contribution in [2.24, 2.45) is 0 Å². The number of aromatic nitrogens is 4. The van der Waals surface area contributed by atoms with Gasteiger partial charge in [-0.2, -0.15) is 5.10 Å². The van der Waals surface area contributed by atoms with Gasteiger partial charge in [0, 0.05) is 24.4 Å². The molecule has 0 saturated carbocycles. The van der Waals surface area contributed by atoms with Gasteiger partial charge < -0.3 is 14.0 Å². The summed E-state index contributed by atoms with van der Waals surface area (Å²) in [4.78, 5) is 17.2. The van der Waals surface area contributed by atoms with Crippen molar-refractivity contribution in [2.75, 3.05) is 7.11 Å². The van der Waals surface area contributed by atoms with Gasteiger partial charge in [0.1, 0.15) is 23.1 Å². The highest BCUT2D eigenvalue weighted by Crippen LogP contribution is 2.30. The zero-order chi connectivity index (χ0) is 23.7. The maximum Gasteiger partial charge on any atom is 0.310 e. The Kier molecular flexibility index (Phi) is 6.15. The molecule has 0 bridgehead atoms. The largest absolute Gasteiger partial charge is 0.494 e. The van der Waals surface area contributed by atoms with Gasteiger partial charge in [0.25, 0.3) is 0 Å². The topological polar surface area (TPSA) is 71.2 Å². The number of aryl methyl sites for hydroxylation is 1. The van der Waals surface area contributed by atoms with Crippen LogP contribution in [0.1, 0.15) is 24.2 Å². The molecule has 0 aliphatic heterocycles. The van der Waals surface area contributed by atoms with Gasteiger partial charge in [-0.1, -0.05) is 11.6 Å². The molecule has 0 aliphatic carbocycles. The third-order valence-corrected chi connectivity index (χ3v) is 5.16. The van der Waals surface area contributed by atoms with Crippen molar-refractivity contribution in [1.82, 2.24) is 19.3 Å². The van der Waals surface area contributed by atoms with E-state index in [-0.39, 0.29) is 16.5 Å². The van der Waals surface area contributed by atoms with E-state index in [1.54, 1.807) is 36.0 Å². The summed E-state index contributed by atoms with van der Waals surface area (Å²) in [6.45, 7) is 3.45. The van der Waals surface area contributed by atoms with E-state index in [0.29, 0.717) is 11.5 Å². The molecule has 2 aromatic heterocycles. The van der Waals surface area contributed by atoms with E-state index < -0.39 is 23.2 Å². The van der Waals surface area contributed by atoms with E-state index in [1.165, 1.54) is 13.2 Å². The Hall–Kier alpha value is -3.72. The predicted octanol–water partition coefficient (Wildman–Crippen LogP) is 5.08.